The predicted octanol–water partition coefficient (Wildman–Crippen LogP) is 4.60. The van der Waals surface area contributed by atoms with E-state index in [9.17, 15) is 0 Å². The van der Waals surface area contributed by atoms with E-state index in [1.807, 2.05) is 12.3 Å². The second-order valence-electron chi connectivity index (χ2n) is 5.23. The monoisotopic (exact) mass is 256 g/mol. The molecule has 0 spiro atoms. The Morgan fingerprint density at radius 1 is 1.05 bits per heavy atom. The molecular formula is C17H24N2. The molecule has 1 heterocycles. The molecule has 0 fully saturated rings. The molecule has 19 heavy (non-hydrogen) atoms. The lowest BCUT2D eigenvalue weighted by Gasteiger charge is -2.13. The molecule has 1 aromatic heterocycles. The zero-order chi connectivity index (χ0) is 13.5. The first-order chi connectivity index (χ1) is 9.33. The molecule has 1 unspecified atom stereocenters. The maximum absolute atomic E-state index is 6.34. The molecule has 0 bridgehead atoms. The molecule has 0 amide bonds. The van der Waals surface area contributed by atoms with Crippen molar-refractivity contribution >= 4 is 10.9 Å². The van der Waals surface area contributed by atoms with Crippen LogP contribution in [-0.4, -0.2) is 4.98 Å². The van der Waals surface area contributed by atoms with E-state index >= 15 is 0 Å². The van der Waals surface area contributed by atoms with Crippen molar-refractivity contribution in [2.45, 2.75) is 51.5 Å². The molecule has 1 aromatic carbocycles. The minimum atomic E-state index is 0.111. The summed E-state index contributed by atoms with van der Waals surface area (Å²) in [5.74, 6) is 0. The van der Waals surface area contributed by atoms with Gasteiger partial charge in [-0.3, -0.25) is 4.98 Å². The fourth-order valence-corrected chi connectivity index (χ4v) is 2.55. The van der Waals surface area contributed by atoms with E-state index in [-0.39, 0.29) is 6.04 Å². The number of nitrogens with two attached hydrogens (primary N) is 1. The van der Waals surface area contributed by atoms with Gasteiger partial charge in [0, 0.05) is 17.6 Å². The Bertz CT molecular complexity index is 502. The summed E-state index contributed by atoms with van der Waals surface area (Å²) in [5.41, 5.74) is 8.59. The van der Waals surface area contributed by atoms with E-state index in [4.69, 9.17) is 5.73 Å². The Morgan fingerprint density at radius 2 is 1.84 bits per heavy atom. The first-order valence-corrected chi connectivity index (χ1v) is 7.42. The van der Waals surface area contributed by atoms with E-state index in [0.29, 0.717) is 0 Å². The number of nitrogens with zero attached hydrogens (tertiary/aromatic N) is 1. The molecule has 0 radical (unpaired) electrons. The number of pyridine rings is 1. The van der Waals surface area contributed by atoms with Gasteiger partial charge in [-0.15, -0.1) is 0 Å². The summed E-state index contributed by atoms with van der Waals surface area (Å²) in [7, 11) is 0. The average molecular weight is 256 g/mol. The highest BCUT2D eigenvalue weighted by molar-refractivity contribution is 5.81. The minimum absolute atomic E-state index is 0.111. The molecule has 2 nitrogen and oxygen atoms in total. The molecule has 0 aliphatic rings. The van der Waals surface area contributed by atoms with Crippen LogP contribution in [0.2, 0.25) is 0 Å². The third-order valence-electron chi connectivity index (χ3n) is 3.68. The van der Waals surface area contributed by atoms with Crippen molar-refractivity contribution in [1.82, 2.24) is 4.98 Å². The van der Waals surface area contributed by atoms with Crippen LogP contribution in [-0.2, 0) is 0 Å². The average Bonchev–Trinajstić information content (AvgIpc) is 2.46. The second-order valence-corrected chi connectivity index (χ2v) is 5.23. The number of para-hydroxylation sites is 1. The lowest BCUT2D eigenvalue weighted by molar-refractivity contribution is 0.557. The summed E-state index contributed by atoms with van der Waals surface area (Å²) < 4.78 is 0. The summed E-state index contributed by atoms with van der Waals surface area (Å²) in [5, 5.41) is 1.18. The Kier molecular flexibility index (Phi) is 5.34. The lowest BCUT2D eigenvalue weighted by atomic mass is 9.98. The van der Waals surface area contributed by atoms with Crippen molar-refractivity contribution in [2.24, 2.45) is 5.73 Å². The highest BCUT2D eigenvalue weighted by Crippen LogP contribution is 2.24. The van der Waals surface area contributed by atoms with E-state index in [0.717, 1.165) is 11.9 Å². The van der Waals surface area contributed by atoms with Gasteiger partial charge in [0.1, 0.15) is 0 Å². The van der Waals surface area contributed by atoms with Crippen LogP contribution in [0.15, 0.2) is 36.5 Å². The van der Waals surface area contributed by atoms with Crippen LogP contribution in [0.1, 0.15) is 57.1 Å². The molecule has 2 rings (SSSR count). The number of benzene rings is 1. The van der Waals surface area contributed by atoms with Gasteiger partial charge in [-0.05, 0) is 18.1 Å². The Labute approximate surface area is 116 Å². The summed E-state index contributed by atoms with van der Waals surface area (Å²) in [6.07, 6.45) is 9.37. The second kappa shape index (κ2) is 7.25. The van der Waals surface area contributed by atoms with Crippen LogP contribution in [0.5, 0.6) is 0 Å². The highest BCUT2D eigenvalue weighted by Gasteiger charge is 2.10. The zero-order valence-corrected chi connectivity index (χ0v) is 11.8. The third kappa shape index (κ3) is 3.77. The summed E-state index contributed by atoms with van der Waals surface area (Å²) in [6.45, 7) is 2.24. The molecule has 0 saturated carbocycles. The van der Waals surface area contributed by atoms with Gasteiger partial charge in [0.2, 0.25) is 0 Å². The van der Waals surface area contributed by atoms with Gasteiger partial charge in [-0.2, -0.15) is 0 Å². The molecule has 102 valence electrons. The third-order valence-corrected chi connectivity index (χ3v) is 3.68. The maximum atomic E-state index is 6.34. The molecule has 0 aliphatic heterocycles. The van der Waals surface area contributed by atoms with E-state index in [1.54, 1.807) is 0 Å². The van der Waals surface area contributed by atoms with Gasteiger partial charge in [-0.25, -0.2) is 0 Å². The molecular weight excluding hydrogens is 232 g/mol. The number of fused-ring (bicyclic) bond motifs is 1. The molecule has 2 N–H and O–H groups in total. The van der Waals surface area contributed by atoms with Crippen LogP contribution in [0, 0.1) is 0 Å². The molecule has 2 aromatic rings. The molecule has 0 aliphatic carbocycles. The standard InChI is InChI=1S/C17H24N2/c1-2-3-4-5-6-12-16(18)15-11-7-9-14-10-8-13-19-17(14)15/h7-11,13,16H,2-6,12,18H2,1H3. The summed E-state index contributed by atoms with van der Waals surface area (Å²) in [4.78, 5) is 4.48. The largest absolute Gasteiger partial charge is 0.324 e. The topological polar surface area (TPSA) is 38.9 Å². The van der Waals surface area contributed by atoms with Gasteiger partial charge in [0.15, 0.2) is 0 Å². The quantitative estimate of drug-likeness (QED) is 0.735. The molecule has 2 heteroatoms. The predicted molar refractivity (Wildman–Crippen MR) is 82.0 cm³/mol. The van der Waals surface area contributed by atoms with E-state index < -0.39 is 0 Å². The number of aromatic nitrogens is 1. The van der Waals surface area contributed by atoms with Gasteiger partial charge in [-0.1, -0.05) is 63.3 Å². The van der Waals surface area contributed by atoms with Crippen molar-refractivity contribution in [3.05, 3.63) is 42.1 Å². The van der Waals surface area contributed by atoms with Crippen LogP contribution in [0.25, 0.3) is 10.9 Å². The lowest BCUT2D eigenvalue weighted by Crippen LogP contribution is -2.11. The normalized spacial score (nSPS) is 12.7. The van der Waals surface area contributed by atoms with Crippen LogP contribution in [0.3, 0.4) is 0 Å². The number of hydrogen-bond donors (Lipinski definition) is 1. The first kappa shape index (κ1) is 14.0. The van der Waals surface area contributed by atoms with Crippen molar-refractivity contribution in [3.63, 3.8) is 0 Å². The van der Waals surface area contributed by atoms with Crippen LogP contribution < -0.4 is 5.73 Å². The Balaban J connectivity index is 1.99. The summed E-state index contributed by atoms with van der Waals surface area (Å²) >= 11 is 0. The fourth-order valence-electron chi connectivity index (χ4n) is 2.55. The number of unbranched alkanes of at least 4 members (excludes halogenated alkanes) is 4. The van der Waals surface area contributed by atoms with Gasteiger partial charge in [0.05, 0.1) is 5.52 Å². The van der Waals surface area contributed by atoms with E-state index in [2.05, 4.69) is 36.2 Å². The zero-order valence-electron chi connectivity index (χ0n) is 11.8. The van der Waals surface area contributed by atoms with Gasteiger partial charge >= 0.3 is 0 Å². The maximum Gasteiger partial charge on any atom is 0.0749 e. The number of rotatable bonds is 7. The van der Waals surface area contributed by atoms with Crippen LogP contribution >= 0.6 is 0 Å². The Morgan fingerprint density at radius 3 is 2.68 bits per heavy atom. The smallest absolute Gasteiger partial charge is 0.0749 e. The SMILES string of the molecule is CCCCCCCC(N)c1cccc2cccnc12. The van der Waals surface area contributed by atoms with Gasteiger partial charge < -0.3 is 5.73 Å². The van der Waals surface area contributed by atoms with Crippen molar-refractivity contribution in [3.8, 4) is 0 Å². The molecule has 1 atom stereocenters. The highest BCUT2D eigenvalue weighted by atomic mass is 14.7. The van der Waals surface area contributed by atoms with Gasteiger partial charge in [0.25, 0.3) is 0 Å². The van der Waals surface area contributed by atoms with Crippen LogP contribution in [0.4, 0.5) is 0 Å². The first-order valence-electron chi connectivity index (χ1n) is 7.42. The fraction of sp³-hybridized carbons (Fsp3) is 0.471. The van der Waals surface area contributed by atoms with Crippen molar-refractivity contribution in [2.75, 3.05) is 0 Å². The minimum Gasteiger partial charge on any atom is -0.324 e. The Hall–Kier alpha value is -1.41. The van der Waals surface area contributed by atoms with Crippen molar-refractivity contribution in [1.29, 1.82) is 0 Å². The van der Waals surface area contributed by atoms with E-state index in [1.165, 1.54) is 43.1 Å². The number of hydrogen-bond acceptors (Lipinski definition) is 2. The van der Waals surface area contributed by atoms with Crippen molar-refractivity contribution < 1.29 is 0 Å². The molecule has 0 saturated heterocycles. The summed E-state index contributed by atoms with van der Waals surface area (Å²) in [6, 6.07) is 10.5.